The third-order valence-corrected chi connectivity index (χ3v) is 4.42. The first-order valence-corrected chi connectivity index (χ1v) is 8.54. The van der Waals surface area contributed by atoms with E-state index in [1.165, 1.54) is 30.5 Å². The predicted octanol–water partition coefficient (Wildman–Crippen LogP) is 4.06. The first kappa shape index (κ1) is 17.7. The van der Waals surface area contributed by atoms with Crippen molar-refractivity contribution in [3.63, 3.8) is 0 Å². The Balaban J connectivity index is 1.79. The Kier molecular flexibility index (Phi) is 4.81. The second-order valence-electron chi connectivity index (χ2n) is 4.95. The van der Waals surface area contributed by atoms with Gasteiger partial charge >= 0.3 is 10.1 Å². The number of hydrogen-bond acceptors (Lipinski definition) is 5. The van der Waals surface area contributed by atoms with Crippen molar-refractivity contribution < 1.29 is 30.5 Å². The van der Waals surface area contributed by atoms with Crippen LogP contribution in [0.4, 0.5) is 13.2 Å². The van der Waals surface area contributed by atoms with Crippen LogP contribution in [0.2, 0.25) is 0 Å². The molecule has 0 saturated carbocycles. The lowest BCUT2D eigenvalue weighted by atomic mass is 10.3. The normalized spacial score (nSPS) is 11.2. The molecule has 134 valence electrons. The summed E-state index contributed by atoms with van der Waals surface area (Å²) >= 11 is 0. The number of aromatic nitrogens is 1. The van der Waals surface area contributed by atoms with E-state index >= 15 is 0 Å². The summed E-state index contributed by atoms with van der Waals surface area (Å²) in [6, 6.07) is 11.5. The number of nitrogens with zero attached hydrogens (tertiary/aromatic N) is 1. The highest BCUT2D eigenvalue weighted by molar-refractivity contribution is 7.87. The van der Waals surface area contributed by atoms with Gasteiger partial charge in [-0.15, -0.1) is 0 Å². The lowest BCUT2D eigenvalue weighted by Crippen LogP contribution is -2.13. The highest BCUT2D eigenvalue weighted by atomic mass is 32.2. The van der Waals surface area contributed by atoms with Crippen molar-refractivity contribution in [3.05, 3.63) is 78.2 Å². The minimum absolute atomic E-state index is 0.164. The van der Waals surface area contributed by atoms with Gasteiger partial charge in [0, 0.05) is 12.3 Å². The maximum Gasteiger partial charge on any atom is 0.342 e. The fraction of sp³-hybridized carbons (Fsp3) is 0. The summed E-state index contributed by atoms with van der Waals surface area (Å²) < 4.78 is 74.1. The average Bonchev–Trinajstić information content (AvgIpc) is 2.62. The van der Waals surface area contributed by atoms with E-state index in [0.29, 0.717) is 23.8 Å². The lowest BCUT2D eigenvalue weighted by molar-refractivity contribution is 0.423. The van der Waals surface area contributed by atoms with E-state index in [-0.39, 0.29) is 5.75 Å². The van der Waals surface area contributed by atoms with Crippen LogP contribution in [0.1, 0.15) is 0 Å². The van der Waals surface area contributed by atoms with Crippen LogP contribution in [0, 0.1) is 17.5 Å². The molecule has 0 unspecified atom stereocenters. The average molecular weight is 381 g/mol. The van der Waals surface area contributed by atoms with Crippen LogP contribution in [0.5, 0.6) is 17.4 Å². The predicted molar refractivity (Wildman–Crippen MR) is 84.9 cm³/mol. The molecule has 1 aromatic heterocycles. The number of halogens is 3. The van der Waals surface area contributed by atoms with Crippen molar-refractivity contribution in [2.75, 3.05) is 0 Å². The molecule has 0 spiro atoms. The fourth-order valence-electron chi connectivity index (χ4n) is 1.96. The molecule has 0 aliphatic heterocycles. The van der Waals surface area contributed by atoms with Gasteiger partial charge in [0.25, 0.3) is 0 Å². The summed E-state index contributed by atoms with van der Waals surface area (Å²) in [5.74, 6) is -4.72. The van der Waals surface area contributed by atoms with Gasteiger partial charge in [0.2, 0.25) is 5.88 Å². The van der Waals surface area contributed by atoms with Gasteiger partial charge in [0.05, 0.1) is 0 Å². The van der Waals surface area contributed by atoms with Gasteiger partial charge in [0.1, 0.15) is 16.4 Å². The summed E-state index contributed by atoms with van der Waals surface area (Å²) in [4.78, 5) is 2.86. The monoisotopic (exact) mass is 381 g/mol. The molecule has 9 heteroatoms. The van der Waals surface area contributed by atoms with Gasteiger partial charge in [-0.3, -0.25) is 0 Å². The molecule has 3 rings (SSSR count). The van der Waals surface area contributed by atoms with E-state index in [1.807, 2.05) is 0 Å². The van der Waals surface area contributed by atoms with Crippen LogP contribution < -0.4 is 8.92 Å². The quantitative estimate of drug-likeness (QED) is 0.493. The van der Waals surface area contributed by atoms with Crippen LogP contribution >= 0.6 is 0 Å². The van der Waals surface area contributed by atoms with Crippen LogP contribution in [0.15, 0.2) is 65.7 Å². The maximum atomic E-state index is 13.7. The second-order valence-corrected chi connectivity index (χ2v) is 6.47. The zero-order chi connectivity index (χ0) is 18.7. The smallest absolute Gasteiger partial charge is 0.342 e. The molecule has 0 fully saturated rings. The molecular weight excluding hydrogens is 371 g/mol. The number of pyridine rings is 1. The van der Waals surface area contributed by atoms with Crippen molar-refractivity contribution in [2.24, 2.45) is 0 Å². The Morgan fingerprint density at radius 1 is 0.808 bits per heavy atom. The zero-order valence-electron chi connectivity index (χ0n) is 12.9. The summed E-state index contributed by atoms with van der Waals surface area (Å²) in [6.07, 6.45) is 1.54. The third-order valence-electron chi connectivity index (χ3n) is 3.16. The summed E-state index contributed by atoms with van der Waals surface area (Å²) in [7, 11) is -4.69. The Labute approximate surface area is 146 Å². The van der Waals surface area contributed by atoms with Crippen LogP contribution in [0.25, 0.3) is 0 Å². The molecule has 2 aromatic carbocycles. The van der Waals surface area contributed by atoms with Crippen molar-refractivity contribution in [1.29, 1.82) is 0 Å². The largest absolute Gasteiger partial charge is 0.439 e. The minimum atomic E-state index is -4.69. The molecule has 0 aliphatic rings. The highest BCUT2D eigenvalue weighted by Gasteiger charge is 2.26. The third kappa shape index (κ3) is 3.77. The number of rotatable bonds is 5. The standard InChI is InChI=1S/C17H10F3NO4S/c18-13-8-9-14(17(20)16(13)19)26(22,23)25-12-6-4-11(5-7-12)24-15-3-1-2-10-21-15/h1-10H. The van der Waals surface area contributed by atoms with Crippen molar-refractivity contribution in [3.8, 4) is 17.4 Å². The summed E-state index contributed by atoms with van der Waals surface area (Å²) in [5.41, 5.74) is 0. The minimum Gasteiger partial charge on any atom is -0.439 e. The molecular formula is C17H10F3NO4S. The summed E-state index contributed by atoms with van der Waals surface area (Å²) in [5, 5.41) is 0. The second kappa shape index (κ2) is 7.04. The maximum absolute atomic E-state index is 13.7. The Hall–Kier alpha value is -3.07. The number of ether oxygens (including phenoxy) is 1. The SMILES string of the molecule is O=S(=O)(Oc1ccc(Oc2ccccn2)cc1)c1ccc(F)c(F)c1F. The molecule has 0 aliphatic carbocycles. The Bertz CT molecular complexity index is 1030. The van der Waals surface area contributed by atoms with E-state index in [2.05, 4.69) is 4.98 Å². The van der Waals surface area contributed by atoms with Gasteiger partial charge in [-0.25, -0.2) is 18.2 Å². The molecule has 0 amide bonds. The van der Waals surface area contributed by atoms with Crippen LogP contribution in [-0.4, -0.2) is 13.4 Å². The fourth-order valence-corrected chi connectivity index (χ4v) is 2.96. The van der Waals surface area contributed by atoms with Gasteiger partial charge in [-0.1, -0.05) is 6.07 Å². The van der Waals surface area contributed by atoms with E-state index in [4.69, 9.17) is 8.92 Å². The van der Waals surface area contributed by atoms with Crippen molar-refractivity contribution in [2.45, 2.75) is 4.90 Å². The Morgan fingerprint density at radius 2 is 1.50 bits per heavy atom. The van der Waals surface area contributed by atoms with Crippen molar-refractivity contribution in [1.82, 2.24) is 4.98 Å². The van der Waals surface area contributed by atoms with Gasteiger partial charge in [-0.05, 0) is 42.5 Å². The van der Waals surface area contributed by atoms with Gasteiger partial charge in [-0.2, -0.15) is 8.42 Å². The first-order chi connectivity index (χ1) is 12.4. The molecule has 26 heavy (non-hydrogen) atoms. The van der Waals surface area contributed by atoms with E-state index in [1.54, 1.807) is 18.2 Å². The molecule has 0 radical (unpaired) electrons. The molecule has 1 heterocycles. The molecule has 0 N–H and O–H groups in total. The van der Waals surface area contributed by atoms with Gasteiger partial charge < -0.3 is 8.92 Å². The number of hydrogen-bond donors (Lipinski definition) is 0. The summed E-state index contributed by atoms with van der Waals surface area (Å²) in [6.45, 7) is 0. The van der Waals surface area contributed by atoms with E-state index in [9.17, 15) is 21.6 Å². The van der Waals surface area contributed by atoms with Gasteiger partial charge in [0.15, 0.2) is 17.5 Å². The number of benzene rings is 2. The van der Waals surface area contributed by atoms with E-state index in [0.717, 1.165) is 0 Å². The highest BCUT2D eigenvalue weighted by Crippen LogP contribution is 2.26. The molecule has 0 saturated heterocycles. The van der Waals surface area contributed by atoms with E-state index < -0.39 is 32.5 Å². The molecule has 5 nitrogen and oxygen atoms in total. The topological polar surface area (TPSA) is 65.5 Å². The van der Waals surface area contributed by atoms with Crippen LogP contribution in [-0.2, 0) is 10.1 Å². The lowest BCUT2D eigenvalue weighted by Gasteiger charge is -2.09. The van der Waals surface area contributed by atoms with Crippen LogP contribution in [0.3, 0.4) is 0 Å². The van der Waals surface area contributed by atoms with Crippen molar-refractivity contribution >= 4 is 10.1 Å². The molecule has 0 atom stereocenters. The first-order valence-electron chi connectivity index (χ1n) is 7.14. The molecule has 0 bridgehead atoms. The zero-order valence-corrected chi connectivity index (χ0v) is 13.7. The molecule has 3 aromatic rings. The Morgan fingerprint density at radius 3 is 2.15 bits per heavy atom.